The SMILES string of the molecule is CC(=O)N1CCN(C(C)c2ccc(-c3ccc(F)cc3)cc2)CC1. The number of hydrogen-bond acceptors (Lipinski definition) is 2. The molecule has 4 heteroatoms. The van der Waals surface area contributed by atoms with Crippen LogP contribution in [0.5, 0.6) is 0 Å². The van der Waals surface area contributed by atoms with E-state index in [0.29, 0.717) is 6.04 Å². The molecule has 0 aromatic heterocycles. The zero-order valence-electron chi connectivity index (χ0n) is 14.2. The summed E-state index contributed by atoms with van der Waals surface area (Å²) in [7, 11) is 0. The molecule has 0 radical (unpaired) electrons. The predicted molar refractivity (Wildman–Crippen MR) is 94.1 cm³/mol. The molecule has 2 aromatic carbocycles. The molecule has 1 unspecified atom stereocenters. The topological polar surface area (TPSA) is 23.6 Å². The van der Waals surface area contributed by atoms with Gasteiger partial charge >= 0.3 is 0 Å². The van der Waals surface area contributed by atoms with Crippen molar-refractivity contribution in [3.05, 3.63) is 59.9 Å². The lowest BCUT2D eigenvalue weighted by molar-refractivity contribution is -0.130. The van der Waals surface area contributed by atoms with Crippen LogP contribution in [0.4, 0.5) is 4.39 Å². The molecule has 0 N–H and O–H groups in total. The summed E-state index contributed by atoms with van der Waals surface area (Å²) >= 11 is 0. The highest BCUT2D eigenvalue weighted by molar-refractivity contribution is 5.73. The van der Waals surface area contributed by atoms with Gasteiger partial charge in [-0.25, -0.2) is 4.39 Å². The van der Waals surface area contributed by atoms with E-state index in [2.05, 4.69) is 36.1 Å². The summed E-state index contributed by atoms with van der Waals surface area (Å²) in [6, 6.07) is 15.3. The van der Waals surface area contributed by atoms with Gasteiger partial charge in [-0.1, -0.05) is 36.4 Å². The standard InChI is InChI=1S/C20H23FN2O/c1-15(22-11-13-23(14-12-22)16(2)24)17-3-5-18(6-4-17)19-7-9-20(21)10-8-19/h3-10,15H,11-14H2,1-2H3. The van der Waals surface area contributed by atoms with E-state index in [1.54, 1.807) is 19.1 Å². The van der Waals surface area contributed by atoms with Gasteiger partial charge in [0.25, 0.3) is 0 Å². The fourth-order valence-corrected chi connectivity index (χ4v) is 3.23. The van der Waals surface area contributed by atoms with Crippen molar-refractivity contribution < 1.29 is 9.18 Å². The maximum atomic E-state index is 13.0. The summed E-state index contributed by atoms with van der Waals surface area (Å²) in [5.74, 6) is -0.0559. The molecule has 126 valence electrons. The minimum absolute atomic E-state index is 0.158. The van der Waals surface area contributed by atoms with Crippen molar-refractivity contribution in [2.45, 2.75) is 19.9 Å². The Labute approximate surface area is 142 Å². The van der Waals surface area contributed by atoms with E-state index in [9.17, 15) is 9.18 Å². The van der Waals surface area contributed by atoms with E-state index < -0.39 is 0 Å². The summed E-state index contributed by atoms with van der Waals surface area (Å²) in [6.45, 7) is 7.24. The lowest BCUT2D eigenvalue weighted by atomic mass is 10.0. The average Bonchev–Trinajstić information content (AvgIpc) is 2.62. The van der Waals surface area contributed by atoms with Gasteiger partial charge in [0.05, 0.1) is 0 Å². The van der Waals surface area contributed by atoms with Crippen molar-refractivity contribution in [3.63, 3.8) is 0 Å². The molecule has 1 fully saturated rings. The Morgan fingerprint density at radius 2 is 1.42 bits per heavy atom. The molecule has 1 atom stereocenters. The Morgan fingerprint density at radius 3 is 1.92 bits per heavy atom. The summed E-state index contributed by atoms with van der Waals surface area (Å²) in [5, 5.41) is 0. The number of nitrogens with zero attached hydrogens (tertiary/aromatic N) is 2. The van der Waals surface area contributed by atoms with E-state index >= 15 is 0 Å². The van der Waals surface area contributed by atoms with Crippen LogP contribution in [0.2, 0.25) is 0 Å². The van der Waals surface area contributed by atoms with Gasteiger partial charge < -0.3 is 4.90 Å². The molecule has 1 aliphatic heterocycles. The molecule has 2 aromatic rings. The number of amides is 1. The van der Waals surface area contributed by atoms with E-state index in [1.165, 1.54) is 17.7 Å². The van der Waals surface area contributed by atoms with E-state index in [4.69, 9.17) is 0 Å². The molecule has 24 heavy (non-hydrogen) atoms. The van der Waals surface area contributed by atoms with Crippen molar-refractivity contribution >= 4 is 5.91 Å². The molecule has 1 aliphatic rings. The van der Waals surface area contributed by atoms with Gasteiger partial charge in [0, 0.05) is 39.1 Å². The van der Waals surface area contributed by atoms with Crippen LogP contribution in [0.25, 0.3) is 11.1 Å². The first-order chi connectivity index (χ1) is 11.5. The van der Waals surface area contributed by atoms with Gasteiger partial charge in [0.1, 0.15) is 5.82 Å². The molecule has 3 rings (SSSR count). The molecule has 0 aliphatic carbocycles. The highest BCUT2D eigenvalue weighted by atomic mass is 19.1. The first kappa shape index (κ1) is 16.7. The zero-order valence-corrected chi connectivity index (χ0v) is 14.2. The lowest BCUT2D eigenvalue weighted by Crippen LogP contribution is -2.48. The quantitative estimate of drug-likeness (QED) is 0.858. The first-order valence-electron chi connectivity index (χ1n) is 8.40. The molecular weight excluding hydrogens is 303 g/mol. The maximum Gasteiger partial charge on any atom is 0.219 e. The number of benzene rings is 2. The predicted octanol–water partition coefficient (Wildman–Crippen LogP) is 3.72. The smallest absolute Gasteiger partial charge is 0.219 e. The fourth-order valence-electron chi connectivity index (χ4n) is 3.23. The van der Waals surface area contributed by atoms with Gasteiger partial charge in [-0.05, 0) is 35.7 Å². The van der Waals surface area contributed by atoms with Crippen LogP contribution >= 0.6 is 0 Å². The Kier molecular flexibility index (Phi) is 4.95. The molecule has 0 bridgehead atoms. The number of carbonyl (C=O) groups is 1. The summed E-state index contributed by atoms with van der Waals surface area (Å²) in [5.41, 5.74) is 3.37. The van der Waals surface area contributed by atoms with Gasteiger partial charge in [0.15, 0.2) is 0 Å². The Balaban J connectivity index is 1.67. The molecule has 1 saturated heterocycles. The van der Waals surface area contributed by atoms with Gasteiger partial charge in [0.2, 0.25) is 5.91 Å². The normalized spacial score (nSPS) is 16.9. The largest absolute Gasteiger partial charge is 0.340 e. The number of carbonyl (C=O) groups excluding carboxylic acids is 1. The number of piperazine rings is 1. The minimum atomic E-state index is -0.214. The van der Waals surface area contributed by atoms with Crippen LogP contribution in [-0.4, -0.2) is 41.9 Å². The summed E-state index contributed by atoms with van der Waals surface area (Å²) < 4.78 is 13.0. The number of hydrogen-bond donors (Lipinski definition) is 0. The number of rotatable bonds is 3. The van der Waals surface area contributed by atoms with Gasteiger partial charge in [-0.15, -0.1) is 0 Å². The lowest BCUT2D eigenvalue weighted by Gasteiger charge is -2.37. The molecular formula is C20H23FN2O. The van der Waals surface area contributed by atoms with Crippen LogP contribution in [0.1, 0.15) is 25.5 Å². The second-order valence-corrected chi connectivity index (χ2v) is 6.35. The monoisotopic (exact) mass is 326 g/mol. The van der Waals surface area contributed by atoms with Crippen molar-refractivity contribution in [1.29, 1.82) is 0 Å². The second-order valence-electron chi connectivity index (χ2n) is 6.35. The van der Waals surface area contributed by atoms with E-state index in [0.717, 1.165) is 37.3 Å². The van der Waals surface area contributed by atoms with Crippen LogP contribution in [-0.2, 0) is 4.79 Å². The van der Waals surface area contributed by atoms with Crippen molar-refractivity contribution in [3.8, 4) is 11.1 Å². The molecule has 1 heterocycles. The van der Waals surface area contributed by atoms with Crippen LogP contribution in [0.15, 0.2) is 48.5 Å². The van der Waals surface area contributed by atoms with Crippen LogP contribution < -0.4 is 0 Å². The Morgan fingerprint density at radius 1 is 0.917 bits per heavy atom. The first-order valence-corrected chi connectivity index (χ1v) is 8.40. The van der Waals surface area contributed by atoms with Gasteiger partial charge in [-0.3, -0.25) is 9.69 Å². The summed E-state index contributed by atoms with van der Waals surface area (Å²) in [6.07, 6.45) is 0. The van der Waals surface area contributed by atoms with Crippen LogP contribution in [0, 0.1) is 5.82 Å². The van der Waals surface area contributed by atoms with Crippen molar-refractivity contribution in [1.82, 2.24) is 9.80 Å². The molecule has 1 amide bonds. The zero-order chi connectivity index (χ0) is 17.1. The minimum Gasteiger partial charge on any atom is -0.340 e. The third kappa shape index (κ3) is 3.65. The highest BCUT2D eigenvalue weighted by Gasteiger charge is 2.23. The Bertz CT molecular complexity index is 689. The molecule has 3 nitrogen and oxygen atoms in total. The highest BCUT2D eigenvalue weighted by Crippen LogP contribution is 2.25. The van der Waals surface area contributed by atoms with E-state index in [-0.39, 0.29) is 11.7 Å². The molecule has 0 spiro atoms. The average molecular weight is 326 g/mol. The second kappa shape index (κ2) is 7.14. The molecule has 0 saturated carbocycles. The van der Waals surface area contributed by atoms with Crippen molar-refractivity contribution in [2.75, 3.05) is 26.2 Å². The van der Waals surface area contributed by atoms with E-state index in [1.807, 2.05) is 4.90 Å². The number of halogens is 1. The maximum absolute atomic E-state index is 13.0. The third-order valence-corrected chi connectivity index (χ3v) is 4.88. The third-order valence-electron chi connectivity index (χ3n) is 4.88. The van der Waals surface area contributed by atoms with Gasteiger partial charge in [-0.2, -0.15) is 0 Å². The van der Waals surface area contributed by atoms with Crippen molar-refractivity contribution in [2.24, 2.45) is 0 Å². The summed E-state index contributed by atoms with van der Waals surface area (Å²) in [4.78, 5) is 15.7. The van der Waals surface area contributed by atoms with Crippen LogP contribution in [0.3, 0.4) is 0 Å². The Hall–Kier alpha value is -2.20. The fraction of sp³-hybridized carbons (Fsp3) is 0.350.